The second-order valence-electron chi connectivity index (χ2n) is 8.39. The average molecular weight is 416 g/mol. The SMILES string of the molecule is Cc1cc(Cl)cc(C)c1NC(=O)C1([N+](C)(C)CC(=O)OCc2ccccc2)CC1. The first-order valence-corrected chi connectivity index (χ1v) is 10.1. The van der Waals surface area contributed by atoms with Crippen molar-refractivity contribution >= 4 is 29.2 Å². The van der Waals surface area contributed by atoms with Crippen LogP contribution in [0.15, 0.2) is 42.5 Å². The molecule has 0 aromatic heterocycles. The van der Waals surface area contributed by atoms with Crippen molar-refractivity contribution in [3.05, 3.63) is 64.2 Å². The summed E-state index contributed by atoms with van der Waals surface area (Å²) in [4.78, 5) is 25.6. The molecule has 5 nitrogen and oxygen atoms in total. The van der Waals surface area contributed by atoms with Crippen LogP contribution >= 0.6 is 11.6 Å². The normalized spacial score (nSPS) is 14.9. The number of hydrogen-bond donors (Lipinski definition) is 1. The maximum atomic E-state index is 13.2. The second-order valence-corrected chi connectivity index (χ2v) is 8.83. The lowest BCUT2D eigenvalue weighted by Gasteiger charge is -2.36. The molecule has 1 fully saturated rings. The molecule has 0 heterocycles. The summed E-state index contributed by atoms with van der Waals surface area (Å²) in [5.74, 6) is -0.372. The van der Waals surface area contributed by atoms with Gasteiger partial charge in [-0.15, -0.1) is 0 Å². The van der Waals surface area contributed by atoms with Gasteiger partial charge in [-0.25, -0.2) is 4.79 Å². The van der Waals surface area contributed by atoms with Gasteiger partial charge in [0.15, 0.2) is 12.1 Å². The Labute approximate surface area is 177 Å². The largest absolute Gasteiger partial charge is 0.457 e. The molecule has 0 atom stereocenters. The summed E-state index contributed by atoms with van der Waals surface area (Å²) in [5, 5.41) is 3.73. The van der Waals surface area contributed by atoms with Crippen LogP contribution in [0.4, 0.5) is 5.69 Å². The summed E-state index contributed by atoms with van der Waals surface area (Å²) in [5.41, 5.74) is 2.96. The third-order valence-corrected chi connectivity index (χ3v) is 6.03. The van der Waals surface area contributed by atoms with E-state index in [2.05, 4.69) is 5.32 Å². The Morgan fingerprint density at radius 2 is 1.69 bits per heavy atom. The molecule has 154 valence electrons. The monoisotopic (exact) mass is 415 g/mol. The number of esters is 1. The summed E-state index contributed by atoms with van der Waals surface area (Å²) < 4.78 is 5.70. The number of amides is 1. The number of aryl methyl sites for hydroxylation is 2. The van der Waals surface area contributed by atoms with Crippen molar-refractivity contribution in [1.29, 1.82) is 0 Å². The number of carbonyl (C=O) groups excluding carboxylic acids is 2. The quantitative estimate of drug-likeness (QED) is 0.543. The molecule has 2 aromatic rings. The Bertz CT molecular complexity index is 898. The van der Waals surface area contributed by atoms with E-state index in [1.54, 1.807) is 0 Å². The third-order valence-electron chi connectivity index (χ3n) is 5.81. The Kier molecular flexibility index (Phi) is 6.01. The predicted octanol–water partition coefficient (Wildman–Crippen LogP) is 4.25. The molecule has 29 heavy (non-hydrogen) atoms. The van der Waals surface area contributed by atoms with Crippen LogP contribution in [0.25, 0.3) is 0 Å². The zero-order valence-electron chi connectivity index (χ0n) is 17.4. The molecule has 2 aromatic carbocycles. The number of halogens is 1. The van der Waals surface area contributed by atoms with Crippen LogP contribution in [0.3, 0.4) is 0 Å². The van der Waals surface area contributed by atoms with Gasteiger partial charge in [-0.3, -0.25) is 4.79 Å². The van der Waals surface area contributed by atoms with E-state index in [4.69, 9.17) is 16.3 Å². The summed E-state index contributed by atoms with van der Waals surface area (Å²) in [7, 11) is 3.83. The topological polar surface area (TPSA) is 55.4 Å². The molecule has 1 amide bonds. The minimum atomic E-state index is -0.621. The predicted molar refractivity (Wildman–Crippen MR) is 115 cm³/mol. The van der Waals surface area contributed by atoms with Crippen molar-refractivity contribution in [2.24, 2.45) is 0 Å². The van der Waals surface area contributed by atoms with Crippen LogP contribution in [0.5, 0.6) is 0 Å². The lowest BCUT2D eigenvalue weighted by atomic mass is 10.1. The van der Waals surface area contributed by atoms with E-state index in [9.17, 15) is 9.59 Å². The van der Waals surface area contributed by atoms with E-state index in [0.717, 1.165) is 35.2 Å². The van der Waals surface area contributed by atoms with Crippen molar-refractivity contribution in [3.63, 3.8) is 0 Å². The molecular weight excluding hydrogens is 388 g/mol. The molecule has 0 bridgehead atoms. The first-order valence-electron chi connectivity index (χ1n) is 9.75. The molecule has 0 saturated heterocycles. The standard InChI is InChI=1S/C23H27ClN2O3/c1-16-12-19(24)13-17(2)21(16)25-22(28)23(10-11-23)26(3,4)14-20(27)29-15-18-8-6-5-7-9-18/h5-9,12-13H,10-11,14-15H2,1-4H3/p+1. The first kappa shape index (κ1) is 21.3. The van der Waals surface area contributed by atoms with Crippen LogP contribution in [0.2, 0.25) is 5.02 Å². The first-order chi connectivity index (χ1) is 13.6. The molecule has 1 saturated carbocycles. The fourth-order valence-corrected chi connectivity index (χ4v) is 4.15. The fraction of sp³-hybridized carbons (Fsp3) is 0.391. The number of nitrogens with one attached hydrogen (secondary N) is 1. The Morgan fingerprint density at radius 1 is 1.10 bits per heavy atom. The van der Waals surface area contributed by atoms with E-state index in [1.165, 1.54) is 0 Å². The van der Waals surface area contributed by atoms with Crippen LogP contribution in [-0.4, -0.2) is 42.5 Å². The third kappa shape index (κ3) is 4.62. The maximum absolute atomic E-state index is 13.2. The number of quaternary nitrogens is 1. The Balaban J connectivity index is 1.66. The van der Waals surface area contributed by atoms with Gasteiger partial charge in [0.1, 0.15) is 6.61 Å². The van der Waals surface area contributed by atoms with Gasteiger partial charge in [0.25, 0.3) is 5.91 Å². The van der Waals surface area contributed by atoms with Gasteiger partial charge in [-0.2, -0.15) is 0 Å². The molecule has 0 radical (unpaired) electrons. The van der Waals surface area contributed by atoms with Crippen LogP contribution < -0.4 is 5.32 Å². The van der Waals surface area contributed by atoms with Gasteiger partial charge in [-0.05, 0) is 42.7 Å². The summed E-state index contributed by atoms with van der Waals surface area (Å²) >= 11 is 6.10. The zero-order chi connectivity index (χ0) is 21.2. The Morgan fingerprint density at radius 3 is 2.24 bits per heavy atom. The molecule has 1 aliphatic carbocycles. The van der Waals surface area contributed by atoms with Crippen molar-refractivity contribution in [2.75, 3.05) is 26.0 Å². The Hall–Kier alpha value is -2.37. The van der Waals surface area contributed by atoms with E-state index >= 15 is 0 Å². The number of rotatable bonds is 7. The lowest BCUT2D eigenvalue weighted by Crippen LogP contribution is -2.59. The highest BCUT2D eigenvalue weighted by molar-refractivity contribution is 6.30. The smallest absolute Gasteiger partial charge is 0.362 e. The number of ether oxygens (including phenoxy) is 1. The van der Waals surface area contributed by atoms with Gasteiger partial charge < -0.3 is 14.5 Å². The highest BCUT2D eigenvalue weighted by Gasteiger charge is 2.63. The van der Waals surface area contributed by atoms with E-state index in [-0.39, 0.29) is 29.5 Å². The molecule has 1 N–H and O–H groups in total. The minimum absolute atomic E-state index is 0.0631. The summed E-state index contributed by atoms with van der Waals surface area (Å²) in [6, 6.07) is 13.3. The highest BCUT2D eigenvalue weighted by atomic mass is 35.5. The number of likely N-dealkylation sites (N-methyl/N-ethyl adjacent to an activating group) is 1. The molecular formula is C23H28ClN2O3+. The van der Waals surface area contributed by atoms with Gasteiger partial charge in [0, 0.05) is 23.6 Å². The van der Waals surface area contributed by atoms with Gasteiger partial charge in [-0.1, -0.05) is 41.9 Å². The number of nitrogens with zero attached hydrogens (tertiary/aromatic N) is 1. The average Bonchev–Trinajstić information content (AvgIpc) is 3.46. The van der Waals surface area contributed by atoms with Crippen LogP contribution in [0.1, 0.15) is 29.5 Å². The van der Waals surface area contributed by atoms with E-state index in [0.29, 0.717) is 5.02 Å². The van der Waals surface area contributed by atoms with Gasteiger partial charge in [0.2, 0.25) is 0 Å². The molecule has 6 heteroatoms. The van der Waals surface area contributed by atoms with Crippen molar-refractivity contribution in [3.8, 4) is 0 Å². The number of carbonyl (C=O) groups is 2. The summed E-state index contributed by atoms with van der Waals surface area (Å²) in [6.45, 7) is 4.23. The summed E-state index contributed by atoms with van der Waals surface area (Å²) in [6.07, 6.45) is 1.48. The maximum Gasteiger partial charge on any atom is 0.362 e. The number of hydrogen-bond acceptors (Lipinski definition) is 3. The number of anilines is 1. The van der Waals surface area contributed by atoms with Crippen molar-refractivity contribution < 1.29 is 18.8 Å². The molecule has 0 unspecified atom stereocenters. The van der Waals surface area contributed by atoms with E-state index < -0.39 is 5.54 Å². The van der Waals surface area contributed by atoms with Crippen LogP contribution in [-0.2, 0) is 20.9 Å². The highest BCUT2D eigenvalue weighted by Crippen LogP contribution is 2.46. The molecule has 3 rings (SSSR count). The van der Waals surface area contributed by atoms with Crippen molar-refractivity contribution in [1.82, 2.24) is 0 Å². The minimum Gasteiger partial charge on any atom is -0.457 e. The van der Waals surface area contributed by atoms with Gasteiger partial charge >= 0.3 is 5.97 Å². The molecule has 1 aliphatic rings. The second kappa shape index (κ2) is 8.17. The zero-order valence-corrected chi connectivity index (χ0v) is 18.2. The molecule has 0 spiro atoms. The fourth-order valence-electron chi connectivity index (χ4n) is 3.82. The van der Waals surface area contributed by atoms with Crippen LogP contribution in [0, 0.1) is 13.8 Å². The van der Waals surface area contributed by atoms with Crippen molar-refractivity contribution in [2.45, 2.75) is 38.8 Å². The number of benzene rings is 2. The molecule has 0 aliphatic heterocycles. The van der Waals surface area contributed by atoms with Gasteiger partial charge in [0.05, 0.1) is 14.1 Å². The lowest BCUT2D eigenvalue weighted by molar-refractivity contribution is -0.909. The van der Waals surface area contributed by atoms with E-state index in [1.807, 2.05) is 70.4 Å².